The fourth-order valence-electron chi connectivity index (χ4n) is 5.58. The molecule has 1 saturated heterocycles. The van der Waals surface area contributed by atoms with Crippen LogP contribution in [0.3, 0.4) is 0 Å². The highest BCUT2D eigenvalue weighted by atomic mass is 16.6. The van der Waals surface area contributed by atoms with Gasteiger partial charge in [0.2, 0.25) is 0 Å². The number of carbonyl (C=O) groups is 1. The Morgan fingerprint density at radius 1 is 1.25 bits per heavy atom. The quantitative estimate of drug-likeness (QED) is 0.311. The number of rotatable bonds is 3. The lowest BCUT2D eigenvalue weighted by Gasteiger charge is -2.41. The smallest absolute Gasteiger partial charge is 0.151 e. The Kier molecular flexibility index (Phi) is 9.74. The van der Waals surface area contributed by atoms with E-state index < -0.39 is 0 Å². The molecule has 2 saturated carbocycles. The molecule has 1 heterocycles. The van der Waals surface area contributed by atoms with Crippen molar-refractivity contribution in [3.05, 3.63) is 47.1 Å². The summed E-state index contributed by atoms with van der Waals surface area (Å²) in [5, 5.41) is 10.1. The second-order valence-corrected chi connectivity index (χ2v) is 9.65. The van der Waals surface area contributed by atoms with Crippen LogP contribution in [-0.2, 0) is 9.53 Å². The highest BCUT2D eigenvalue weighted by Crippen LogP contribution is 2.55. The van der Waals surface area contributed by atoms with E-state index in [1.54, 1.807) is 5.57 Å². The molecule has 3 fully saturated rings. The molecule has 4 atom stereocenters. The molecule has 0 amide bonds. The van der Waals surface area contributed by atoms with Crippen LogP contribution in [-0.4, -0.2) is 30.2 Å². The van der Waals surface area contributed by atoms with Crippen molar-refractivity contribution in [2.45, 2.75) is 97.2 Å². The SMILES string of the molecule is C=C1CCCC/C1=C/C=C1\CCC[C@]2(C)C(C(C)O)=CCC12.C=O.CC#CC1(CC)CO1. The molecule has 176 valence electrons. The van der Waals surface area contributed by atoms with Crippen molar-refractivity contribution >= 4 is 6.79 Å². The second-order valence-electron chi connectivity index (χ2n) is 9.65. The van der Waals surface area contributed by atoms with Gasteiger partial charge in [-0.1, -0.05) is 55.7 Å². The first-order valence-electron chi connectivity index (χ1n) is 12.2. The van der Waals surface area contributed by atoms with Crippen LogP contribution in [0, 0.1) is 23.2 Å². The molecule has 32 heavy (non-hydrogen) atoms. The molecule has 0 aromatic heterocycles. The molecule has 1 aliphatic heterocycles. The fourth-order valence-corrected chi connectivity index (χ4v) is 5.58. The first-order valence-corrected chi connectivity index (χ1v) is 12.2. The summed E-state index contributed by atoms with van der Waals surface area (Å²) in [6, 6.07) is 0. The van der Waals surface area contributed by atoms with Gasteiger partial charge in [-0.3, -0.25) is 0 Å². The molecule has 3 heteroatoms. The van der Waals surface area contributed by atoms with Gasteiger partial charge in [-0.15, -0.1) is 5.92 Å². The van der Waals surface area contributed by atoms with Crippen molar-refractivity contribution in [1.82, 2.24) is 0 Å². The van der Waals surface area contributed by atoms with Crippen LogP contribution in [0.2, 0.25) is 0 Å². The van der Waals surface area contributed by atoms with Gasteiger partial charge in [-0.2, -0.15) is 0 Å². The summed E-state index contributed by atoms with van der Waals surface area (Å²) in [4.78, 5) is 8.00. The molecule has 3 unspecified atom stereocenters. The number of ether oxygens (including phenoxy) is 1. The maximum absolute atomic E-state index is 10.1. The van der Waals surface area contributed by atoms with E-state index in [0.717, 1.165) is 19.4 Å². The summed E-state index contributed by atoms with van der Waals surface area (Å²) in [6.45, 7) is 15.3. The molecular weight excluding hydrogens is 396 g/mol. The lowest BCUT2D eigenvalue weighted by Crippen LogP contribution is -2.33. The Morgan fingerprint density at radius 2 is 1.94 bits per heavy atom. The van der Waals surface area contributed by atoms with E-state index in [1.165, 1.54) is 61.7 Å². The number of carbonyl (C=O) groups excluding carboxylic acids is 1. The molecule has 0 radical (unpaired) electrons. The number of fused-ring (bicyclic) bond motifs is 1. The monoisotopic (exact) mass is 438 g/mol. The minimum atomic E-state index is -0.300. The van der Waals surface area contributed by atoms with Crippen LogP contribution in [0.1, 0.15) is 85.5 Å². The maximum Gasteiger partial charge on any atom is 0.151 e. The van der Waals surface area contributed by atoms with E-state index in [0.29, 0.717) is 5.92 Å². The third-order valence-electron chi connectivity index (χ3n) is 7.61. The third kappa shape index (κ3) is 6.12. The lowest BCUT2D eigenvalue weighted by molar-refractivity contribution is -0.0980. The lowest BCUT2D eigenvalue weighted by atomic mass is 9.63. The summed E-state index contributed by atoms with van der Waals surface area (Å²) < 4.78 is 5.11. The van der Waals surface area contributed by atoms with Crippen molar-refractivity contribution in [2.24, 2.45) is 11.3 Å². The van der Waals surface area contributed by atoms with E-state index >= 15 is 0 Å². The zero-order valence-corrected chi connectivity index (χ0v) is 20.6. The number of hydrogen-bond acceptors (Lipinski definition) is 3. The summed E-state index contributed by atoms with van der Waals surface area (Å²) in [5.41, 5.74) is 5.84. The standard InChI is InChI=1S/C21H30O.C7H10O.CH2O/c1-15-7-4-5-8-17(15)10-11-18-9-6-14-21(3)19(16(2)22)12-13-20(18)21;1-3-5-7(4-2)6-8-7;1-2/h10-12,16,20,22H,1,4-9,13-14H2,2-3H3;4,6H2,1-2H3;1H2/b17-10-,18-11+;;/t16?,20?,21-;;/m1../s1. The van der Waals surface area contributed by atoms with Crippen LogP contribution in [0.4, 0.5) is 0 Å². The number of aliphatic hydroxyl groups excluding tert-OH is 1. The van der Waals surface area contributed by atoms with Crippen LogP contribution >= 0.6 is 0 Å². The van der Waals surface area contributed by atoms with Gasteiger partial charge in [0.25, 0.3) is 0 Å². The zero-order chi connectivity index (χ0) is 23.8. The van der Waals surface area contributed by atoms with Crippen LogP contribution < -0.4 is 0 Å². The normalized spacial score (nSPS) is 34.1. The van der Waals surface area contributed by atoms with E-state index in [2.05, 4.69) is 50.5 Å². The minimum Gasteiger partial charge on any atom is -0.389 e. The van der Waals surface area contributed by atoms with Crippen molar-refractivity contribution in [3.63, 3.8) is 0 Å². The molecule has 0 aromatic rings. The summed E-state index contributed by atoms with van der Waals surface area (Å²) >= 11 is 0. The molecule has 4 rings (SSSR count). The van der Waals surface area contributed by atoms with Gasteiger partial charge in [0.15, 0.2) is 5.60 Å². The van der Waals surface area contributed by atoms with Crippen molar-refractivity contribution in [1.29, 1.82) is 0 Å². The van der Waals surface area contributed by atoms with Gasteiger partial charge in [0.1, 0.15) is 6.79 Å². The van der Waals surface area contributed by atoms with Crippen LogP contribution in [0.15, 0.2) is 47.1 Å². The van der Waals surface area contributed by atoms with Gasteiger partial charge in [0.05, 0.1) is 12.7 Å². The Morgan fingerprint density at radius 3 is 2.47 bits per heavy atom. The van der Waals surface area contributed by atoms with Gasteiger partial charge in [-0.05, 0) is 94.1 Å². The Balaban J connectivity index is 0.000000304. The van der Waals surface area contributed by atoms with Gasteiger partial charge in [0, 0.05) is 0 Å². The summed E-state index contributed by atoms with van der Waals surface area (Å²) in [7, 11) is 0. The van der Waals surface area contributed by atoms with Gasteiger partial charge >= 0.3 is 0 Å². The Labute approximate surface area is 195 Å². The highest BCUT2D eigenvalue weighted by molar-refractivity contribution is 5.38. The Hall–Kier alpha value is -1.89. The first kappa shape index (κ1) is 26.4. The number of aliphatic hydroxyl groups is 1. The third-order valence-corrected chi connectivity index (χ3v) is 7.61. The van der Waals surface area contributed by atoms with E-state index in [4.69, 9.17) is 9.53 Å². The predicted molar refractivity (Wildman–Crippen MR) is 133 cm³/mol. The second kappa shape index (κ2) is 11.8. The molecule has 0 spiro atoms. The van der Waals surface area contributed by atoms with Crippen LogP contribution in [0.25, 0.3) is 0 Å². The molecular formula is C29H42O3. The summed E-state index contributed by atoms with van der Waals surface area (Å²) in [6.07, 6.45) is 17.5. The van der Waals surface area contributed by atoms with E-state index in [1.807, 2.05) is 20.6 Å². The minimum absolute atomic E-state index is 0.0191. The molecule has 0 aromatic carbocycles. The number of epoxide rings is 1. The number of hydrogen-bond donors (Lipinski definition) is 1. The van der Waals surface area contributed by atoms with Gasteiger partial charge in [-0.25, -0.2) is 0 Å². The fraction of sp³-hybridized carbons (Fsp3) is 0.621. The molecule has 1 N–H and O–H groups in total. The zero-order valence-electron chi connectivity index (χ0n) is 20.6. The molecule has 4 aliphatic rings. The van der Waals surface area contributed by atoms with E-state index in [-0.39, 0.29) is 17.1 Å². The molecule has 3 nitrogen and oxygen atoms in total. The Bertz CT molecular complexity index is 813. The van der Waals surface area contributed by atoms with Crippen molar-refractivity contribution < 1.29 is 14.6 Å². The van der Waals surface area contributed by atoms with Crippen molar-refractivity contribution in [3.8, 4) is 11.8 Å². The van der Waals surface area contributed by atoms with Gasteiger partial charge < -0.3 is 14.6 Å². The van der Waals surface area contributed by atoms with E-state index in [9.17, 15) is 5.11 Å². The van der Waals surface area contributed by atoms with Crippen molar-refractivity contribution in [2.75, 3.05) is 6.61 Å². The number of allylic oxidation sites excluding steroid dienone is 6. The van der Waals surface area contributed by atoms with Crippen LogP contribution in [0.5, 0.6) is 0 Å². The largest absolute Gasteiger partial charge is 0.389 e. The maximum atomic E-state index is 10.1. The average molecular weight is 439 g/mol. The molecule has 3 aliphatic carbocycles. The average Bonchev–Trinajstić information content (AvgIpc) is 3.47. The predicted octanol–water partition coefficient (Wildman–Crippen LogP) is 6.49. The first-order chi connectivity index (χ1) is 15.3. The summed E-state index contributed by atoms with van der Waals surface area (Å²) in [5.74, 6) is 6.45. The highest BCUT2D eigenvalue weighted by Gasteiger charge is 2.45. The molecule has 0 bridgehead atoms. The topological polar surface area (TPSA) is 49.8 Å².